The van der Waals surface area contributed by atoms with Crippen molar-refractivity contribution in [1.82, 2.24) is 14.7 Å². The van der Waals surface area contributed by atoms with Crippen LogP contribution >= 0.6 is 0 Å². The first-order valence-corrected chi connectivity index (χ1v) is 5.85. The summed E-state index contributed by atoms with van der Waals surface area (Å²) in [6.45, 7) is 2.06. The van der Waals surface area contributed by atoms with Gasteiger partial charge in [-0.15, -0.1) is 0 Å². The second kappa shape index (κ2) is 4.35. The van der Waals surface area contributed by atoms with Gasteiger partial charge in [0.15, 0.2) is 0 Å². The maximum Gasteiger partial charge on any atom is 0.0593 e. The van der Waals surface area contributed by atoms with Gasteiger partial charge >= 0.3 is 0 Å². The summed E-state index contributed by atoms with van der Waals surface area (Å²) in [5, 5.41) is 4.51. The van der Waals surface area contributed by atoms with Crippen LogP contribution in [0.5, 0.6) is 0 Å². The molecule has 84 valence electrons. The van der Waals surface area contributed by atoms with Crippen molar-refractivity contribution < 1.29 is 0 Å². The van der Waals surface area contributed by atoms with Crippen LogP contribution in [0.3, 0.4) is 0 Å². The fourth-order valence-electron chi connectivity index (χ4n) is 2.48. The topological polar surface area (TPSA) is 21.1 Å². The highest BCUT2D eigenvalue weighted by molar-refractivity contribution is 4.96. The summed E-state index contributed by atoms with van der Waals surface area (Å²) in [7, 11) is 4.37. The standard InChI is InChI=1S/C12H21N3/c1-10-8-9-15(13-10)12-6-4-11(5-7-12)14(2)3/h8-9,11-12H,4-7H2,1-3H3. The largest absolute Gasteiger partial charge is 0.306 e. The lowest BCUT2D eigenvalue weighted by Crippen LogP contribution is -2.32. The van der Waals surface area contributed by atoms with E-state index in [9.17, 15) is 0 Å². The molecule has 0 atom stereocenters. The van der Waals surface area contributed by atoms with E-state index in [4.69, 9.17) is 0 Å². The molecule has 0 unspecified atom stereocenters. The Bertz CT molecular complexity index is 308. The first-order valence-electron chi connectivity index (χ1n) is 5.85. The maximum atomic E-state index is 4.51. The summed E-state index contributed by atoms with van der Waals surface area (Å²) in [5.41, 5.74) is 1.13. The zero-order valence-corrected chi connectivity index (χ0v) is 9.98. The fraction of sp³-hybridized carbons (Fsp3) is 0.750. The monoisotopic (exact) mass is 207 g/mol. The SMILES string of the molecule is Cc1ccn(C2CCC(N(C)C)CC2)n1. The van der Waals surface area contributed by atoms with Crippen molar-refractivity contribution >= 4 is 0 Å². The lowest BCUT2D eigenvalue weighted by atomic mass is 9.91. The maximum absolute atomic E-state index is 4.51. The van der Waals surface area contributed by atoms with Gasteiger partial charge in [0.25, 0.3) is 0 Å². The van der Waals surface area contributed by atoms with E-state index in [0.29, 0.717) is 6.04 Å². The Morgan fingerprint density at radius 2 is 1.93 bits per heavy atom. The number of aromatic nitrogens is 2. The molecule has 0 aromatic carbocycles. The van der Waals surface area contributed by atoms with Gasteiger partial charge < -0.3 is 4.90 Å². The van der Waals surface area contributed by atoms with E-state index >= 15 is 0 Å². The Labute approximate surface area is 92.1 Å². The second-order valence-corrected chi connectivity index (χ2v) is 4.86. The molecule has 0 aliphatic heterocycles. The van der Waals surface area contributed by atoms with Crippen LogP contribution in [0.25, 0.3) is 0 Å². The van der Waals surface area contributed by atoms with E-state index in [0.717, 1.165) is 11.7 Å². The molecule has 1 aliphatic carbocycles. The van der Waals surface area contributed by atoms with Crippen LogP contribution in [0.2, 0.25) is 0 Å². The minimum absolute atomic E-state index is 0.634. The van der Waals surface area contributed by atoms with Crippen molar-refractivity contribution in [3.8, 4) is 0 Å². The van der Waals surface area contributed by atoms with Gasteiger partial charge in [0, 0.05) is 12.2 Å². The summed E-state index contributed by atoms with van der Waals surface area (Å²) in [6, 6.07) is 3.51. The molecule has 3 heteroatoms. The van der Waals surface area contributed by atoms with Crippen molar-refractivity contribution in [1.29, 1.82) is 0 Å². The van der Waals surface area contributed by atoms with Crippen molar-refractivity contribution in [2.24, 2.45) is 0 Å². The van der Waals surface area contributed by atoms with Gasteiger partial charge in [-0.3, -0.25) is 4.68 Å². The van der Waals surface area contributed by atoms with Crippen LogP contribution in [0.4, 0.5) is 0 Å². The van der Waals surface area contributed by atoms with E-state index in [2.05, 4.69) is 48.0 Å². The highest BCUT2D eigenvalue weighted by Gasteiger charge is 2.23. The van der Waals surface area contributed by atoms with Gasteiger partial charge in [0.2, 0.25) is 0 Å². The average molecular weight is 207 g/mol. The first kappa shape index (κ1) is 10.7. The van der Waals surface area contributed by atoms with Crippen molar-refractivity contribution in [3.05, 3.63) is 18.0 Å². The fourth-order valence-corrected chi connectivity index (χ4v) is 2.48. The number of hydrogen-bond acceptors (Lipinski definition) is 2. The number of hydrogen-bond donors (Lipinski definition) is 0. The zero-order chi connectivity index (χ0) is 10.8. The molecule has 3 nitrogen and oxygen atoms in total. The van der Waals surface area contributed by atoms with Crippen molar-refractivity contribution in [2.45, 2.75) is 44.7 Å². The van der Waals surface area contributed by atoms with Gasteiger partial charge in [0.1, 0.15) is 0 Å². The molecule has 0 bridgehead atoms. The highest BCUT2D eigenvalue weighted by Crippen LogP contribution is 2.29. The van der Waals surface area contributed by atoms with E-state index in [-0.39, 0.29) is 0 Å². The third-order valence-electron chi connectivity index (χ3n) is 3.51. The van der Waals surface area contributed by atoms with E-state index in [1.54, 1.807) is 0 Å². The molecule has 1 heterocycles. The van der Waals surface area contributed by atoms with Crippen LogP contribution in [0, 0.1) is 6.92 Å². The van der Waals surface area contributed by atoms with Crippen LogP contribution < -0.4 is 0 Å². The van der Waals surface area contributed by atoms with Crippen LogP contribution in [-0.2, 0) is 0 Å². The summed E-state index contributed by atoms with van der Waals surface area (Å²) >= 11 is 0. The Balaban J connectivity index is 1.93. The van der Waals surface area contributed by atoms with Gasteiger partial charge in [-0.25, -0.2) is 0 Å². The smallest absolute Gasteiger partial charge is 0.0593 e. The normalized spacial score (nSPS) is 27.2. The molecule has 1 aliphatic rings. The van der Waals surface area contributed by atoms with Gasteiger partial charge in [-0.05, 0) is 52.8 Å². The second-order valence-electron chi connectivity index (χ2n) is 4.86. The lowest BCUT2D eigenvalue weighted by molar-refractivity contribution is 0.189. The molecular weight excluding hydrogens is 186 g/mol. The molecule has 0 saturated heterocycles. The summed E-state index contributed by atoms with van der Waals surface area (Å²) < 4.78 is 2.15. The molecule has 0 spiro atoms. The Morgan fingerprint density at radius 3 is 2.40 bits per heavy atom. The Morgan fingerprint density at radius 1 is 1.27 bits per heavy atom. The predicted molar refractivity (Wildman–Crippen MR) is 61.9 cm³/mol. The van der Waals surface area contributed by atoms with Crippen LogP contribution in [0.1, 0.15) is 37.4 Å². The molecule has 0 amide bonds. The van der Waals surface area contributed by atoms with Crippen LogP contribution in [0.15, 0.2) is 12.3 Å². The summed E-state index contributed by atoms with van der Waals surface area (Å²) in [6.07, 6.45) is 7.26. The first-order chi connectivity index (χ1) is 7.16. The van der Waals surface area contributed by atoms with Gasteiger partial charge in [0.05, 0.1) is 11.7 Å². The molecule has 1 aromatic heterocycles. The zero-order valence-electron chi connectivity index (χ0n) is 9.98. The van der Waals surface area contributed by atoms with E-state index < -0.39 is 0 Å². The lowest BCUT2D eigenvalue weighted by Gasteiger charge is -2.32. The molecule has 15 heavy (non-hydrogen) atoms. The number of aryl methyl sites for hydroxylation is 1. The third-order valence-corrected chi connectivity index (χ3v) is 3.51. The quantitative estimate of drug-likeness (QED) is 0.741. The molecule has 1 aromatic rings. The summed E-state index contributed by atoms with van der Waals surface area (Å²) in [4.78, 5) is 2.35. The minimum atomic E-state index is 0.634. The average Bonchev–Trinajstić information content (AvgIpc) is 2.65. The van der Waals surface area contributed by atoms with Gasteiger partial charge in [-0.1, -0.05) is 0 Å². The predicted octanol–water partition coefficient (Wildman–Crippen LogP) is 2.24. The third kappa shape index (κ3) is 2.40. The molecular formula is C12H21N3. The van der Waals surface area contributed by atoms with Crippen molar-refractivity contribution in [3.63, 3.8) is 0 Å². The van der Waals surface area contributed by atoms with E-state index in [1.165, 1.54) is 25.7 Å². The van der Waals surface area contributed by atoms with E-state index in [1.807, 2.05) is 0 Å². The molecule has 0 N–H and O–H groups in total. The molecule has 1 saturated carbocycles. The number of nitrogens with zero attached hydrogens (tertiary/aromatic N) is 3. The Kier molecular flexibility index (Phi) is 3.10. The number of rotatable bonds is 2. The van der Waals surface area contributed by atoms with Gasteiger partial charge in [-0.2, -0.15) is 5.10 Å². The highest BCUT2D eigenvalue weighted by atomic mass is 15.3. The minimum Gasteiger partial charge on any atom is -0.306 e. The summed E-state index contributed by atoms with van der Waals surface area (Å²) in [5.74, 6) is 0. The van der Waals surface area contributed by atoms with Crippen molar-refractivity contribution in [2.75, 3.05) is 14.1 Å². The molecule has 2 rings (SSSR count). The molecule has 1 fully saturated rings. The van der Waals surface area contributed by atoms with Crippen LogP contribution in [-0.4, -0.2) is 34.8 Å². The Hall–Kier alpha value is -0.830. The molecule has 0 radical (unpaired) electrons.